The van der Waals surface area contributed by atoms with Crippen molar-refractivity contribution in [3.63, 3.8) is 0 Å². The Morgan fingerprint density at radius 1 is 1.27 bits per heavy atom. The Morgan fingerprint density at radius 3 is 2.85 bits per heavy atom. The Kier molecular flexibility index (Phi) is 3.59. The molecule has 1 saturated heterocycles. The largest absolute Gasteiger partial charge is 0.465 e. The number of hydrogen-bond acceptors (Lipinski definition) is 6. The molecule has 0 saturated carbocycles. The van der Waals surface area contributed by atoms with Gasteiger partial charge in [-0.3, -0.25) is 0 Å². The SMILES string of the molecule is COc1[nH+]cnc2c1sc1nc(N3CCCC3)c3c(c12)CC(C)(C)OC3. The molecule has 7 heteroatoms. The first-order valence-electron chi connectivity index (χ1n) is 9.15. The fourth-order valence-electron chi connectivity index (χ4n) is 4.14. The zero-order valence-corrected chi connectivity index (χ0v) is 16.2. The van der Waals surface area contributed by atoms with Crippen molar-refractivity contribution in [1.82, 2.24) is 9.97 Å². The third kappa shape index (κ3) is 2.37. The molecule has 2 aliphatic heterocycles. The second kappa shape index (κ2) is 5.76. The van der Waals surface area contributed by atoms with Crippen LogP contribution in [0.25, 0.3) is 20.4 Å². The Labute approximate surface area is 156 Å². The lowest BCUT2D eigenvalue weighted by molar-refractivity contribution is -0.394. The molecule has 5 heterocycles. The zero-order valence-electron chi connectivity index (χ0n) is 15.4. The monoisotopic (exact) mass is 371 g/mol. The molecular weight excluding hydrogens is 348 g/mol. The van der Waals surface area contributed by atoms with E-state index in [1.165, 1.54) is 29.4 Å². The number of rotatable bonds is 2. The van der Waals surface area contributed by atoms with E-state index in [0.717, 1.165) is 46.3 Å². The van der Waals surface area contributed by atoms with E-state index < -0.39 is 0 Å². The molecule has 5 rings (SSSR count). The van der Waals surface area contributed by atoms with Crippen LogP contribution in [0.2, 0.25) is 0 Å². The zero-order chi connectivity index (χ0) is 17.9. The summed E-state index contributed by atoms with van der Waals surface area (Å²) in [4.78, 5) is 16.3. The van der Waals surface area contributed by atoms with Crippen LogP contribution in [0.1, 0.15) is 37.8 Å². The number of hydrogen-bond donors (Lipinski definition) is 0. The fourth-order valence-corrected chi connectivity index (χ4v) is 5.28. The maximum atomic E-state index is 6.16. The molecule has 1 fully saturated rings. The van der Waals surface area contributed by atoms with E-state index in [0.29, 0.717) is 6.61 Å². The first-order valence-corrected chi connectivity index (χ1v) is 9.96. The fraction of sp³-hybridized carbons (Fsp3) is 0.526. The molecule has 3 aromatic rings. The van der Waals surface area contributed by atoms with Crippen LogP contribution in [0.5, 0.6) is 5.88 Å². The van der Waals surface area contributed by atoms with Gasteiger partial charge in [0.05, 0.1) is 24.7 Å². The lowest BCUT2D eigenvalue weighted by atomic mass is 9.90. The van der Waals surface area contributed by atoms with Crippen molar-refractivity contribution in [2.24, 2.45) is 0 Å². The van der Waals surface area contributed by atoms with Gasteiger partial charge in [-0.1, -0.05) is 0 Å². The van der Waals surface area contributed by atoms with Crippen molar-refractivity contribution < 1.29 is 14.5 Å². The van der Waals surface area contributed by atoms with Gasteiger partial charge in [0, 0.05) is 25.1 Å². The topological polar surface area (TPSA) is 61.6 Å². The van der Waals surface area contributed by atoms with Gasteiger partial charge < -0.3 is 14.4 Å². The van der Waals surface area contributed by atoms with Crippen LogP contribution < -0.4 is 14.6 Å². The third-order valence-corrected chi connectivity index (χ3v) is 6.49. The number of fused-ring (bicyclic) bond motifs is 5. The lowest BCUT2D eigenvalue weighted by Gasteiger charge is -2.34. The summed E-state index contributed by atoms with van der Waals surface area (Å²) in [5.41, 5.74) is 3.39. The van der Waals surface area contributed by atoms with E-state index in [4.69, 9.17) is 14.5 Å². The minimum absolute atomic E-state index is 0.178. The number of aromatic amines is 1. The lowest BCUT2D eigenvalue weighted by Crippen LogP contribution is -2.33. The van der Waals surface area contributed by atoms with Crippen LogP contribution in [0.3, 0.4) is 0 Å². The average molecular weight is 371 g/mol. The van der Waals surface area contributed by atoms with Gasteiger partial charge in [0.25, 0.3) is 6.33 Å². The standard InChI is InChI=1S/C19H22N4O2S/c1-19(2)8-11-12(9-25-19)16(23-6-4-5-7-23)22-18-13(11)14-15(26-18)17(24-3)21-10-20-14/h10H,4-9H2,1-3H3/p+1. The number of nitrogens with zero attached hydrogens (tertiary/aromatic N) is 3. The van der Waals surface area contributed by atoms with Crippen molar-refractivity contribution in [1.29, 1.82) is 0 Å². The van der Waals surface area contributed by atoms with Crippen LogP contribution in [0, 0.1) is 0 Å². The van der Waals surface area contributed by atoms with E-state index in [-0.39, 0.29) is 5.60 Å². The highest BCUT2D eigenvalue weighted by Crippen LogP contribution is 2.44. The van der Waals surface area contributed by atoms with Gasteiger partial charge >= 0.3 is 5.88 Å². The van der Waals surface area contributed by atoms with E-state index in [1.54, 1.807) is 24.8 Å². The van der Waals surface area contributed by atoms with Crippen LogP contribution in [-0.2, 0) is 17.8 Å². The average Bonchev–Trinajstić information content (AvgIpc) is 3.27. The highest BCUT2D eigenvalue weighted by atomic mass is 32.1. The Hall–Kier alpha value is -1.99. The normalized spacial score (nSPS) is 19.3. The van der Waals surface area contributed by atoms with E-state index in [9.17, 15) is 0 Å². The minimum atomic E-state index is -0.178. The predicted octanol–water partition coefficient (Wildman–Crippen LogP) is 3.12. The highest BCUT2D eigenvalue weighted by Gasteiger charge is 2.34. The second-order valence-electron chi connectivity index (χ2n) is 7.71. The number of ether oxygens (including phenoxy) is 2. The predicted molar refractivity (Wildman–Crippen MR) is 102 cm³/mol. The molecule has 26 heavy (non-hydrogen) atoms. The molecule has 6 nitrogen and oxygen atoms in total. The summed E-state index contributed by atoms with van der Waals surface area (Å²) in [6.45, 7) is 7.09. The maximum Gasteiger partial charge on any atom is 0.303 e. The molecule has 3 aromatic heterocycles. The molecule has 0 spiro atoms. The number of anilines is 1. The Balaban J connectivity index is 1.85. The van der Waals surface area contributed by atoms with Crippen molar-refractivity contribution in [2.45, 2.75) is 45.3 Å². The van der Waals surface area contributed by atoms with Gasteiger partial charge in [0.2, 0.25) is 5.52 Å². The van der Waals surface area contributed by atoms with Crippen molar-refractivity contribution >= 4 is 37.6 Å². The first-order chi connectivity index (χ1) is 12.6. The Bertz CT molecular complexity index is 1010. The van der Waals surface area contributed by atoms with E-state index in [2.05, 4.69) is 28.7 Å². The summed E-state index contributed by atoms with van der Waals surface area (Å²) in [5.74, 6) is 1.86. The number of thiophene rings is 1. The van der Waals surface area contributed by atoms with Gasteiger partial charge in [-0.25, -0.2) is 9.97 Å². The smallest absolute Gasteiger partial charge is 0.303 e. The van der Waals surface area contributed by atoms with Crippen LogP contribution >= 0.6 is 11.3 Å². The van der Waals surface area contributed by atoms with Crippen molar-refractivity contribution in [3.05, 3.63) is 17.5 Å². The number of nitrogens with one attached hydrogen (secondary N) is 1. The molecule has 0 atom stereocenters. The van der Waals surface area contributed by atoms with Crippen LogP contribution in [-0.4, -0.2) is 35.8 Å². The van der Waals surface area contributed by atoms with Crippen molar-refractivity contribution in [3.8, 4) is 5.88 Å². The van der Waals surface area contributed by atoms with Gasteiger partial charge in [0.1, 0.15) is 10.6 Å². The number of aromatic nitrogens is 3. The minimum Gasteiger partial charge on any atom is -0.465 e. The molecule has 0 aliphatic carbocycles. The summed E-state index contributed by atoms with van der Waals surface area (Å²) in [6, 6.07) is 0. The quantitative estimate of drug-likeness (QED) is 0.693. The van der Waals surface area contributed by atoms with Gasteiger partial charge in [-0.2, -0.15) is 0 Å². The van der Waals surface area contributed by atoms with Gasteiger partial charge in [-0.05, 0) is 37.2 Å². The molecule has 0 amide bonds. The molecule has 0 bridgehead atoms. The molecule has 0 unspecified atom stereocenters. The number of H-pyrrole nitrogens is 1. The summed E-state index contributed by atoms with van der Waals surface area (Å²) in [5, 5.41) is 1.17. The van der Waals surface area contributed by atoms with Crippen LogP contribution in [0.15, 0.2) is 6.33 Å². The highest BCUT2D eigenvalue weighted by molar-refractivity contribution is 7.25. The number of pyridine rings is 1. The van der Waals surface area contributed by atoms with E-state index >= 15 is 0 Å². The summed E-state index contributed by atoms with van der Waals surface area (Å²) in [6.07, 6.45) is 5.05. The molecule has 0 aromatic carbocycles. The molecule has 2 aliphatic rings. The third-order valence-electron chi connectivity index (χ3n) is 5.42. The maximum absolute atomic E-state index is 6.16. The van der Waals surface area contributed by atoms with Crippen LogP contribution in [0.4, 0.5) is 5.82 Å². The molecule has 0 radical (unpaired) electrons. The second-order valence-corrected chi connectivity index (χ2v) is 8.71. The first kappa shape index (κ1) is 16.2. The molecule has 1 N–H and O–H groups in total. The Morgan fingerprint density at radius 2 is 2.08 bits per heavy atom. The number of methoxy groups -OCH3 is 1. The summed E-state index contributed by atoms with van der Waals surface area (Å²) < 4.78 is 12.7. The molecule has 136 valence electrons. The van der Waals surface area contributed by atoms with Gasteiger partial charge in [0.15, 0.2) is 4.70 Å². The van der Waals surface area contributed by atoms with Crippen molar-refractivity contribution in [2.75, 3.05) is 25.1 Å². The van der Waals surface area contributed by atoms with E-state index in [1.807, 2.05) is 0 Å². The summed E-state index contributed by atoms with van der Waals surface area (Å²) >= 11 is 1.66. The molecular formula is C19H23N4O2S+. The summed E-state index contributed by atoms with van der Waals surface area (Å²) in [7, 11) is 1.69. The van der Waals surface area contributed by atoms with Gasteiger partial charge in [-0.15, -0.1) is 11.3 Å².